The summed E-state index contributed by atoms with van der Waals surface area (Å²) in [6.07, 6.45) is 3.42. The summed E-state index contributed by atoms with van der Waals surface area (Å²) >= 11 is 0. The molecule has 0 aliphatic heterocycles. The number of aromatic nitrogens is 1. The molecule has 5 nitrogen and oxygen atoms in total. The molecule has 0 saturated heterocycles. The van der Waals surface area contributed by atoms with Crippen molar-refractivity contribution in [1.82, 2.24) is 4.98 Å². The number of pyridine rings is 1. The molecule has 0 unspecified atom stereocenters. The monoisotopic (exact) mass is 247 g/mol. The third kappa shape index (κ3) is 2.95. The second-order valence-electron chi connectivity index (χ2n) is 3.85. The standard InChI is InChI=1S/C13H13NO4/c1-9-11(5-12(18-9)13(15)16)8-17-7-10-3-2-4-14-6-10/h2-6H,7-8H2,1H3,(H,15,16). The number of ether oxygens (including phenoxy) is 1. The van der Waals surface area contributed by atoms with Crippen LogP contribution < -0.4 is 0 Å². The van der Waals surface area contributed by atoms with Gasteiger partial charge < -0.3 is 14.3 Å². The summed E-state index contributed by atoms with van der Waals surface area (Å²) < 4.78 is 10.6. The van der Waals surface area contributed by atoms with Crippen molar-refractivity contribution >= 4 is 5.97 Å². The van der Waals surface area contributed by atoms with E-state index in [1.807, 2.05) is 12.1 Å². The van der Waals surface area contributed by atoms with Gasteiger partial charge in [0, 0.05) is 18.0 Å². The molecule has 1 N–H and O–H groups in total. The highest BCUT2D eigenvalue weighted by Gasteiger charge is 2.12. The summed E-state index contributed by atoms with van der Waals surface area (Å²) in [5, 5.41) is 8.78. The third-order valence-corrected chi connectivity index (χ3v) is 2.48. The van der Waals surface area contributed by atoms with Gasteiger partial charge in [-0.15, -0.1) is 0 Å². The van der Waals surface area contributed by atoms with Gasteiger partial charge in [-0.2, -0.15) is 0 Å². The van der Waals surface area contributed by atoms with E-state index in [1.54, 1.807) is 19.3 Å². The van der Waals surface area contributed by atoms with Crippen molar-refractivity contribution in [3.8, 4) is 0 Å². The zero-order valence-electron chi connectivity index (χ0n) is 9.92. The van der Waals surface area contributed by atoms with Crippen molar-refractivity contribution < 1.29 is 19.1 Å². The summed E-state index contributed by atoms with van der Waals surface area (Å²) in [4.78, 5) is 14.7. The lowest BCUT2D eigenvalue weighted by atomic mass is 10.2. The van der Waals surface area contributed by atoms with E-state index in [2.05, 4.69) is 4.98 Å². The van der Waals surface area contributed by atoms with Gasteiger partial charge in [-0.05, 0) is 24.6 Å². The van der Waals surface area contributed by atoms with Crippen LogP contribution >= 0.6 is 0 Å². The van der Waals surface area contributed by atoms with Crippen LogP contribution in [0.1, 0.15) is 27.4 Å². The molecule has 0 radical (unpaired) electrons. The Morgan fingerprint density at radius 1 is 1.50 bits per heavy atom. The van der Waals surface area contributed by atoms with Crippen molar-refractivity contribution in [2.75, 3.05) is 0 Å². The molecule has 0 fully saturated rings. The number of rotatable bonds is 5. The van der Waals surface area contributed by atoms with Crippen LogP contribution in [0.4, 0.5) is 0 Å². The summed E-state index contributed by atoms with van der Waals surface area (Å²) in [5.74, 6) is -0.567. The highest BCUT2D eigenvalue weighted by Crippen LogP contribution is 2.16. The van der Waals surface area contributed by atoms with Crippen LogP contribution in [0.2, 0.25) is 0 Å². The average Bonchev–Trinajstić information content (AvgIpc) is 2.73. The van der Waals surface area contributed by atoms with Crippen molar-refractivity contribution in [1.29, 1.82) is 0 Å². The number of aromatic carboxylic acids is 1. The van der Waals surface area contributed by atoms with Crippen LogP contribution in [-0.2, 0) is 18.0 Å². The predicted octanol–water partition coefficient (Wildman–Crippen LogP) is 2.40. The van der Waals surface area contributed by atoms with Gasteiger partial charge in [-0.25, -0.2) is 4.79 Å². The molecule has 0 spiro atoms. The molecule has 2 heterocycles. The molecule has 2 aromatic heterocycles. The largest absolute Gasteiger partial charge is 0.475 e. The van der Waals surface area contributed by atoms with E-state index in [0.717, 1.165) is 11.1 Å². The Balaban J connectivity index is 1.92. The van der Waals surface area contributed by atoms with E-state index in [4.69, 9.17) is 14.3 Å². The molecule has 0 aliphatic rings. The fourth-order valence-corrected chi connectivity index (χ4v) is 1.53. The molecule has 2 rings (SSSR count). The van der Waals surface area contributed by atoms with E-state index >= 15 is 0 Å². The van der Waals surface area contributed by atoms with Gasteiger partial charge in [0.1, 0.15) is 5.76 Å². The SMILES string of the molecule is Cc1oc(C(=O)O)cc1COCc1cccnc1. The number of hydrogen-bond donors (Lipinski definition) is 1. The zero-order valence-corrected chi connectivity index (χ0v) is 9.92. The Kier molecular flexibility index (Phi) is 3.74. The van der Waals surface area contributed by atoms with Crippen LogP contribution in [0.3, 0.4) is 0 Å². The zero-order chi connectivity index (χ0) is 13.0. The minimum absolute atomic E-state index is 0.0625. The number of hydrogen-bond acceptors (Lipinski definition) is 4. The lowest BCUT2D eigenvalue weighted by molar-refractivity contribution is 0.0661. The number of aryl methyl sites for hydroxylation is 1. The first-order valence-corrected chi connectivity index (χ1v) is 5.46. The van der Waals surface area contributed by atoms with Crippen LogP contribution in [-0.4, -0.2) is 16.1 Å². The van der Waals surface area contributed by atoms with Crippen LogP contribution in [0.25, 0.3) is 0 Å². The number of carboxylic acids is 1. The minimum Gasteiger partial charge on any atom is -0.475 e. The molecule has 18 heavy (non-hydrogen) atoms. The second kappa shape index (κ2) is 5.46. The second-order valence-corrected chi connectivity index (χ2v) is 3.85. The quantitative estimate of drug-likeness (QED) is 0.878. The summed E-state index contributed by atoms with van der Waals surface area (Å²) in [6, 6.07) is 5.24. The fourth-order valence-electron chi connectivity index (χ4n) is 1.53. The van der Waals surface area contributed by atoms with Gasteiger partial charge in [0.25, 0.3) is 0 Å². The first kappa shape index (κ1) is 12.3. The Labute approximate surface area is 104 Å². The van der Waals surface area contributed by atoms with E-state index in [1.165, 1.54) is 6.07 Å². The van der Waals surface area contributed by atoms with Gasteiger partial charge in [0.15, 0.2) is 0 Å². The number of furan rings is 1. The molecular weight excluding hydrogens is 234 g/mol. The highest BCUT2D eigenvalue weighted by atomic mass is 16.5. The van der Waals surface area contributed by atoms with Crippen molar-refractivity contribution in [2.45, 2.75) is 20.1 Å². The molecule has 0 bridgehead atoms. The maximum Gasteiger partial charge on any atom is 0.371 e. The maximum absolute atomic E-state index is 10.7. The molecule has 0 aliphatic carbocycles. The van der Waals surface area contributed by atoms with E-state index in [9.17, 15) is 4.79 Å². The average molecular weight is 247 g/mol. The normalized spacial score (nSPS) is 10.5. The van der Waals surface area contributed by atoms with E-state index < -0.39 is 5.97 Å². The molecule has 94 valence electrons. The Morgan fingerprint density at radius 3 is 2.94 bits per heavy atom. The molecule has 0 atom stereocenters. The lowest BCUT2D eigenvalue weighted by Gasteiger charge is -2.02. The van der Waals surface area contributed by atoms with Crippen molar-refractivity contribution in [3.63, 3.8) is 0 Å². The Hall–Kier alpha value is -2.14. The smallest absolute Gasteiger partial charge is 0.371 e. The minimum atomic E-state index is -1.07. The number of nitrogens with zero attached hydrogens (tertiary/aromatic N) is 1. The van der Waals surface area contributed by atoms with Crippen molar-refractivity contribution in [3.05, 3.63) is 53.2 Å². The number of carboxylic acid groups (broad SMARTS) is 1. The highest BCUT2D eigenvalue weighted by molar-refractivity contribution is 5.84. The van der Waals surface area contributed by atoms with E-state index in [-0.39, 0.29) is 5.76 Å². The third-order valence-electron chi connectivity index (χ3n) is 2.48. The van der Waals surface area contributed by atoms with Gasteiger partial charge in [-0.1, -0.05) is 6.07 Å². The summed E-state index contributed by atoms with van der Waals surface area (Å²) in [5.41, 5.74) is 1.72. The number of carbonyl (C=O) groups is 1. The van der Waals surface area contributed by atoms with Crippen LogP contribution in [0.15, 0.2) is 35.0 Å². The topological polar surface area (TPSA) is 72.6 Å². The van der Waals surface area contributed by atoms with Gasteiger partial charge in [-0.3, -0.25) is 4.98 Å². The summed E-state index contributed by atoms with van der Waals surface area (Å²) in [6.45, 7) is 2.47. The lowest BCUT2D eigenvalue weighted by Crippen LogP contribution is -1.95. The van der Waals surface area contributed by atoms with E-state index in [0.29, 0.717) is 19.0 Å². The first-order chi connectivity index (χ1) is 8.66. The predicted molar refractivity (Wildman–Crippen MR) is 63.1 cm³/mol. The molecule has 0 amide bonds. The Morgan fingerprint density at radius 2 is 2.33 bits per heavy atom. The molecule has 2 aromatic rings. The van der Waals surface area contributed by atoms with Crippen LogP contribution in [0, 0.1) is 6.92 Å². The van der Waals surface area contributed by atoms with Gasteiger partial charge in [0.05, 0.1) is 13.2 Å². The van der Waals surface area contributed by atoms with Crippen molar-refractivity contribution in [2.24, 2.45) is 0 Å². The van der Waals surface area contributed by atoms with Crippen LogP contribution in [0.5, 0.6) is 0 Å². The fraction of sp³-hybridized carbons (Fsp3) is 0.231. The molecule has 5 heteroatoms. The maximum atomic E-state index is 10.7. The van der Waals surface area contributed by atoms with Gasteiger partial charge >= 0.3 is 5.97 Å². The first-order valence-electron chi connectivity index (χ1n) is 5.46. The molecule has 0 saturated carbocycles. The molecular formula is C13H13NO4. The molecule has 0 aromatic carbocycles. The Bertz CT molecular complexity index is 533. The van der Waals surface area contributed by atoms with Gasteiger partial charge in [0.2, 0.25) is 5.76 Å². The summed E-state index contributed by atoms with van der Waals surface area (Å²) in [7, 11) is 0.